The Morgan fingerprint density at radius 3 is 2.09 bits per heavy atom. The normalized spacial score (nSPS) is 18.0. The van der Waals surface area contributed by atoms with Gasteiger partial charge in [0.15, 0.2) is 5.78 Å². The van der Waals surface area contributed by atoms with Crippen molar-refractivity contribution in [3.63, 3.8) is 0 Å². The molecule has 0 unspecified atom stereocenters. The van der Waals surface area contributed by atoms with Crippen LogP contribution in [-0.2, 0) is 9.53 Å². The fraction of sp³-hybridized carbons (Fsp3) is 0.640. The van der Waals surface area contributed by atoms with Crippen molar-refractivity contribution >= 4 is 23.5 Å². The molecule has 0 saturated carbocycles. The van der Waals surface area contributed by atoms with Crippen LogP contribution >= 0.6 is 0 Å². The van der Waals surface area contributed by atoms with E-state index in [9.17, 15) is 14.4 Å². The Kier molecular flexibility index (Phi) is 7.47. The third-order valence-electron chi connectivity index (χ3n) is 6.28. The fourth-order valence-corrected chi connectivity index (χ4v) is 4.43. The van der Waals surface area contributed by atoms with E-state index in [4.69, 9.17) is 4.74 Å². The molecule has 7 heteroatoms. The molecule has 2 heterocycles. The highest BCUT2D eigenvalue weighted by molar-refractivity contribution is 5.97. The molecule has 0 N–H and O–H groups in total. The number of piperidine rings is 1. The molecule has 0 aromatic heterocycles. The summed E-state index contributed by atoms with van der Waals surface area (Å²) in [6, 6.07) is 6.03. The summed E-state index contributed by atoms with van der Waals surface area (Å²) in [6.45, 7) is 13.3. The van der Waals surface area contributed by atoms with Crippen molar-refractivity contribution in [2.24, 2.45) is 5.92 Å². The van der Waals surface area contributed by atoms with E-state index < -0.39 is 5.60 Å². The van der Waals surface area contributed by atoms with Crippen molar-refractivity contribution in [1.82, 2.24) is 9.80 Å². The Morgan fingerprint density at radius 2 is 1.56 bits per heavy atom. The molecule has 2 fully saturated rings. The van der Waals surface area contributed by atoms with Gasteiger partial charge in [0.05, 0.1) is 0 Å². The van der Waals surface area contributed by atoms with Gasteiger partial charge in [-0.15, -0.1) is 0 Å². The lowest BCUT2D eigenvalue weighted by molar-refractivity contribution is -0.138. The Morgan fingerprint density at radius 1 is 0.969 bits per heavy atom. The molecule has 176 valence electrons. The molecule has 2 amide bonds. The zero-order valence-electron chi connectivity index (χ0n) is 20.1. The van der Waals surface area contributed by atoms with Gasteiger partial charge in [-0.3, -0.25) is 9.59 Å². The largest absolute Gasteiger partial charge is 0.444 e. The first kappa shape index (κ1) is 24.1. The van der Waals surface area contributed by atoms with Gasteiger partial charge in [-0.2, -0.15) is 0 Å². The molecular weight excluding hydrogens is 406 g/mol. The number of nitrogens with zero attached hydrogens (tertiary/aromatic N) is 3. The van der Waals surface area contributed by atoms with Crippen LogP contribution in [0.2, 0.25) is 0 Å². The highest BCUT2D eigenvalue weighted by Gasteiger charge is 2.32. The van der Waals surface area contributed by atoms with Gasteiger partial charge in [-0.05, 0) is 64.3 Å². The molecule has 0 atom stereocenters. The summed E-state index contributed by atoms with van der Waals surface area (Å²) >= 11 is 0. The lowest BCUT2D eigenvalue weighted by atomic mass is 9.94. The van der Waals surface area contributed by atoms with E-state index in [1.807, 2.05) is 51.7 Å². The number of benzene rings is 1. The standard InChI is InChI=1S/C25H37N3O4/c1-6-22(29)21-8-7-20(17-18(21)2)26-11-9-19(10-12-26)23(30)27-13-15-28(16-14-27)24(31)32-25(3,4)5/h7-8,17,19H,6,9-16H2,1-5H3. The van der Waals surface area contributed by atoms with Gasteiger partial charge in [-0.25, -0.2) is 4.79 Å². The van der Waals surface area contributed by atoms with Crippen molar-refractivity contribution < 1.29 is 19.1 Å². The maximum Gasteiger partial charge on any atom is 0.410 e. The number of hydrogen-bond donors (Lipinski definition) is 0. The summed E-state index contributed by atoms with van der Waals surface area (Å²) in [6.07, 6.45) is 1.85. The van der Waals surface area contributed by atoms with Gasteiger partial charge in [-0.1, -0.05) is 6.92 Å². The van der Waals surface area contributed by atoms with Crippen molar-refractivity contribution in [3.05, 3.63) is 29.3 Å². The van der Waals surface area contributed by atoms with Crippen molar-refractivity contribution in [2.45, 2.75) is 59.5 Å². The van der Waals surface area contributed by atoms with Crippen LogP contribution < -0.4 is 4.90 Å². The van der Waals surface area contributed by atoms with E-state index in [-0.39, 0.29) is 23.7 Å². The molecule has 0 aliphatic carbocycles. The van der Waals surface area contributed by atoms with Crippen LogP contribution in [0.4, 0.5) is 10.5 Å². The number of amides is 2. The fourth-order valence-electron chi connectivity index (χ4n) is 4.43. The summed E-state index contributed by atoms with van der Waals surface area (Å²) < 4.78 is 5.44. The second-order valence-corrected chi connectivity index (χ2v) is 9.83. The highest BCUT2D eigenvalue weighted by Crippen LogP contribution is 2.27. The quantitative estimate of drug-likeness (QED) is 0.661. The van der Waals surface area contributed by atoms with Crippen molar-refractivity contribution in [1.29, 1.82) is 0 Å². The maximum absolute atomic E-state index is 13.0. The number of ether oxygens (including phenoxy) is 1. The molecule has 3 rings (SSSR count). The number of piperazine rings is 1. The van der Waals surface area contributed by atoms with Gasteiger partial charge in [0.1, 0.15) is 5.60 Å². The number of Topliss-reactive ketones (excluding diaryl/α,β-unsaturated/α-hetero) is 1. The number of aryl methyl sites for hydroxylation is 1. The Labute approximate surface area is 191 Å². The van der Waals surface area contributed by atoms with Crippen LogP contribution in [0.1, 0.15) is 62.9 Å². The first-order valence-corrected chi connectivity index (χ1v) is 11.7. The predicted octanol–water partition coefficient (Wildman–Crippen LogP) is 3.88. The Bertz CT molecular complexity index is 845. The minimum Gasteiger partial charge on any atom is -0.444 e. The van der Waals surface area contributed by atoms with Crippen molar-refractivity contribution in [2.75, 3.05) is 44.2 Å². The predicted molar refractivity (Wildman–Crippen MR) is 125 cm³/mol. The molecule has 0 spiro atoms. The lowest BCUT2D eigenvalue weighted by Crippen LogP contribution is -2.53. The van der Waals surface area contributed by atoms with E-state index in [1.165, 1.54) is 0 Å². The Balaban J connectivity index is 1.49. The average Bonchev–Trinajstić information content (AvgIpc) is 2.77. The molecule has 1 aromatic rings. The first-order valence-electron chi connectivity index (χ1n) is 11.7. The number of carbonyl (C=O) groups excluding carboxylic acids is 3. The smallest absolute Gasteiger partial charge is 0.410 e. The zero-order chi connectivity index (χ0) is 23.5. The second kappa shape index (κ2) is 9.92. The molecule has 2 saturated heterocycles. The minimum absolute atomic E-state index is 0.0290. The average molecular weight is 444 g/mol. The third kappa shape index (κ3) is 5.81. The first-order chi connectivity index (χ1) is 15.1. The molecular formula is C25H37N3O4. The highest BCUT2D eigenvalue weighted by atomic mass is 16.6. The number of anilines is 1. The van der Waals surface area contributed by atoms with E-state index in [0.29, 0.717) is 32.6 Å². The van der Waals surface area contributed by atoms with Crippen LogP contribution in [0.3, 0.4) is 0 Å². The molecule has 1 aromatic carbocycles. The molecule has 2 aliphatic rings. The van der Waals surface area contributed by atoms with Crippen molar-refractivity contribution in [3.8, 4) is 0 Å². The topological polar surface area (TPSA) is 70.2 Å². The van der Waals surface area contributed by atoms with Crippen LogP contribution in [0.5, 0.6) is 0 Å². The lowest BCUT2D eigenvalue weighted by Gasteiger charge is -2.39. The van der Waals surface area contributed by atoms with Crippen LogP contribution in [0, 0.1) is 12.8 Å². The van der Waals surface area contributed by atoms with Crippen LogP contribution in [0.15, 0.2) is 18.2 Å². The van der Waals surface area contributed by atoms with Gasteiger partial charge in [0, 0.05) is 62.9 Å². The van der Waals surface area contributed by atoms with Gasteiger partial charge >= 0.3 is 6.09 Å². The van der Waals surface area contributed by atoms with E-state index in [0.717, 1.165) is 42.7 Å². The third-order valence-corrected chi connectivity index (χ3v) is 6.28. The molecule has 0 bridgehead atoms. The summed E-state index contributed by atoms with van der Waals surface area (Å²) in [7, 11) is 0. The van der Waals surface area contributed by atoms with E-state index in [2.05, 4.69) is 11.0 Å². The van der Waals surface area contributed by atoms with Crippen LogP contribution in [-0.4, -0.2) is 72.5 Å². The van der Waals surface area contributed by atoms with E-state index in [1.54, 1.807) is 4.90 Å². The number of ketones is 1. The summed E-state index contributed by atoms with van der Waals surface area (Å²) in [5.74, 6) is 0.403. The summed E-state index contributed by atoms with van der Waals surface area (Å²) in [4.78, 5) is 43.2. The maximum atomic E-state index is 13.0. The minimum atomic E-state index is -0.512. The number of rotatable bonds is 4. The SMILES string of the molecule is CCC(=O)c1ccc(N2CCC(C(=O)N3CCN(C(=O)OC(C)(C)C)CC3)CC2)cc1C. The number of hydrogen-bond acceptors (Lipinski definition) is 5. The Hall–Kier alpha value is -2.57. The van der Waals surface area contributed by atoms with Gasteiger partial charge in [0.2, 0.25) is 5.91 Å². The summed E-state index contributed by atoms with van der Waals surface area (Å²) in [5.41, 5.74) is 2.41. The molecule has 0 radical (unpaired) electrons. The number of carbonyl (C=O) groups is 3. The van der Waals surface area contributed by atoms with Gasteiger partial charge in [0.25, 0.3) is 0 Å². The molecule has 2 aliphatic heterocycles. The van der Waals surface area contributed by atoms with E-state index >= 15 is 0 Å². The summed E-state index contributed by atoms with van der Waals surface area (Å²) in [5, 5.41) is 0. The molecule has 32 heavy (non-hydrogen) atoms. The zero-order valence-corrected chi connectivity index (χ0v) is 20.1. The monoisotopic (exact) mass is 443 g/mol. The molecule has 7 nitrogen and oxygen atoms in total. The second-order valence-electron chi connectivity index (χ2n) is 9.83. The van der Waals surface area contributed by atoms with Gasteiger partial charge < -0.3 is 19.4 Å². The van der Waals surface area contributed by atoms with Crippen LogP contribution in [0.25, 0.3) is 0 Å².